The molecule has 0 saturated carbocycles. The molecular weight excluding hydrogens is 277 g/mol. The van der Waals surface area contributed by atoms with Gasteiger partial charge in [-0.15, -0.1) is 0 Å². The summed E-state index contributed by atoms with van der Waals surface area (Å²) in [5.41, 5.74) is 6.71. The Labute approximate surface area is 108 Å². The van der Waals surface area contributed by atoms with Gasteiger partial charge in [0, 0.05) is 0 Å². The van der Waals surface area contributed by atoms with E-state index in [0.29, 0.717) is 0 Å². The summed E-state index contributed by atoms with van der Waals surface area (Å²) >= 11 is 0.259. The molecule has 0 heterocycles. The molecule has 0 radical (unpaired) electrons. The molecule has 1 aromatic carbocycles. The second kappa shape index (κ2) is 4.91. The van der Waals surface area contributed by atoms with Crippen LogP contribution in [0.1, 0.15) is 5.56 Å². The van der Waals surface area contributed by atoms with Crippen molar-refractivity contribution in [2.24, 2.45) is 11.7 Å². The zero-order valence-electron chi connectivity index (χ0n) is 9.67. The molecule has 1 aliphatic rings. The van der Waals surface area contributed by atoms with E-state index in [2.05, 4.69) is 24.0 Å². The van der Waals surface area contributed by atoms with Crippen molar-refractivity contribution in [3.63, 3.8) is 0 Å². The van der Waals surface area contributed by atoms with Crippen LogP contribution < -0.4 is 5.73 Å². The molecule has 2 unspecified atom stereocenters. The van der Waals surface area contributed by atoms with Crippen molar-refractivity contribution in [1.29, 1.82) is 0 Å². The van der Waals surface area contributed by atoms with E-state index in [9.17, 15) is 4.79 Å². The zero-order chi connectivity index (χ0) is 12.3. The molecule has 3 heteroatoms. The van der Waals surface area contributed by atoms with Crippen molar-refractivity contribution in [1.82, 2.24) is 0 Å². The number of nitrogens with two attached hydrogens (primary N) is 1. The molecule has 0 aromatic heterocycles. The number of amides is 1. The summed E-state index contributed by atoms with van der Waals surface area (Å²) in [5.74, 6) is 1.66. The van der Waals surface area contributed by atoms with Gasteiger partial charge in [0.25, 0.3) is 0 Å². The van der Waals surface area contributed by atoms with E-state index in [0.717, 1.165) is 0 Å². The van der Waals surface area contributed by atoms with Crippen LogP contribution in [0.2, 0.25) is 5.82 Å². The van der Waals surface area contributed by atoms with E-state index in [1.165, 1.54) is 5.56 Å². The first kappa shape index (κ1) is 12.2. The van der Waals surface area contributed by atoms with Crippen LogP contribution in [0.5, 0.6) is 0 Å². The summed E-state index contributed by atoms with van der Waals surface area (Å²) in [4.78, 5) is 11.6. The molecule has 0 fully saturated rings. The molecule has 0 saturated heterocycles. The molecule has 1 aromatic rings. The maximum atomic E-state index is 11.6. The van der Waals surface area contributed by atoms with Crippen LogP contribution in [-0.2, 0) is 9.11 Å². The van der Waals surface area contributed by atoms with E-state index < -0.39 is 0 Å². The van der Waals surface area contributed by atoms with Gasteiger partial charge < -0.3 is 0 Å². The summed E-state index contributed by atoms with van der Waals surface area (Å²) < 4.78 is -0.227. The van der Waals surface area contributed by atoms with E-state index in [-0.39, 0.29) is 31.1 Å². The van der Waals surface area contributed by atoms with E-state index in [1.807, 2.05) is 36.4 Å². The third kappa shape index (κ3) is 2.08. The Balaban J connectivity index is 2.53. The molecule has 88 valence electrons. The van der Waals surface area contributed by atoms with Crippen LogP contribution in [0.3, 0.4) is 0 Å². The topological polar surface area (TPSA) is 43.1 Å². The average Bonchev–Trinajstić information content (AvgIpc) is 2.39. The first-order chi connectivity index (χ1) is 8.20. The molecule has 1 amide bonds. The van der Waals surface area contributed by atoms with Crippen LogP contribution in [-0.4, -0.2) is 20.9 Å². The Kier molecular flexibility index (Phi) is 3.51. The van der Waals surface area contributed by atoms with Gasteiger partial charge in [0.15, 0.2) is 0 Å². The first-order valence-electron chi connectivity index (χ1n) is 5.47. The Hall–Kier alpha value is -1.31. The molecular formula is C14H15NOSe. The van der Waals surface area contributed by atoms with E-state index in [4.69, 9.17) is 5.73 Å². The van der Waals surface area contributed by atoms with E-state index >= 15 is 0 Å². The van der Waals surface area contributed by atoms with E-state index in [1.54, 1.807) is 0 Å². The minimum atomic E-state index is -0.252. The second-order valence-corrected chi connectivity index (χ2v) is 6.26. The SMILES string of the molecule is C[Se]C1(c2ccccc2)C=CC=CC1C(N)=O. The van der Waals surface area contributed by atoms with Gasteiger partial charge >= 0.3 is 108 Å². The molecule has 0 spiro atoms. The predicted molar refractivity (Wildman–Crippen MR) is 70.7 cm³/mol. The number of rotatable bonds is 3. The van der Waals surface area contributed by atoms with Crippen molar-refractivity contribution < 1.29 is 4.79 Å². The Morgan fingerprint density at radius 1 is 1.29 bits per heavy atom. The fourth-order valence-electron chi connectivity index (χ4n) is 2.21. The Bertz CT molecular complexity index is 466. The van der Waals surface area contributed by atoms with Crippen LogP contribution in [0.15, 0.2) is 54.6 Å². The van der Waals surface area contributed by atoms with Gasteiger partial charge in [0.05, 0.1) is 0 Å². The van der Waals surface area contributed by atoms with Gasteiger partial charge in [-0.05, 0) is 0 Å². The molecule has 0 aliphatic heterocycles. The first-order valence-corrected chi connectivity index (χ1v) is 8.03. The molecule has 17 heavy (non-hydrogen) atoms. The number of primary amides is 1. The van der Waals surface area contributed by atoms with Crippen molar-refractivity contribution in [2.75, 3.05) is 0 Å². The number of benzene rings is 1. The molecule has 2 nitrogen and oxygen atoms in total. The zero-order valence-corrected chi connectivity index (χ0v) is 11.4. The number of carbonyl (C=O) groups is 1. The fraction of sp³-hybridized carbons (Fsp3) is 0.214. The summed E-state index contributed by atoms with van der Waals surface area (Å²) in [6.07, 6.45) is 7.96. The third-order valence-electron chi connectivity index (χ3n) is 3.09. The Morgan fingerprint density at radius 2 is 2.00 bits per heavy atom. The normalized spacial score (nSPS) is 27.0. The van der Waals surface area contributed by atoms with Gasteiger partial charge in [0.1, 0.15) is 0 Å². The molecule has 2 N–H and O–H groups in total. The average molecular weight is 292 g/mol. The number of hydrogen-bond donors (Lipinski definition) is 1. The predicted octanol–water partition coefficient (Wildman–Crippen LogP) is 1.86. The van der Waals surface area contributed by atoms with Gasteiger partial charge in [0.2, 0.25) is 0 Å². The maximum absolute atomic E-state index is 11.6. The summed E-state index contributed by atoms with van der Waals surface area (Å²) in [7, 11) is 0. The number of carbonyl (C=O) groups excluding carboxylic acids is 1. The minimum absolute atomic E-state index is 0.227. The summed E-state index contributed by atoms with van der Waals surface area (Å²) in [6, 6.07) is 10.1. The standard InChI is InChI=1S/C14H15NOSe/c1-17-14(11-7-3-2-4-8-11)10-6-5-9-12(14)13(15)16/h2-10,12H,1H3,(H2,15,16). The van der Waals surface area contributed by atoms with Crippen LogP contribution >= 0.6 is 0 Å². The van der Waals surface area contributed by atoms with Crippen LogP contribution in [0.4, 0.5) is 0 Å². The van der Waals surface area contributed by atoms with Gasteiger partial charge in [-0.1, -0.05) is 0 Å². The number of hydrogen-bond acceptors (Lipinski definition) is 1. The van der Waals surface area contributed by atoms with Crippen molar-refractivity contribution in [3.8, 4) is 0 Å². The van der Waals surface area contributed by atoms with Crippen LogP contribution in [0.25, 0.3) is 0 Å². The third-order valence-corrected chi connectivity index (χ3v) is 5.82. The molecule has 1 aliphatic carbocycles. The van der Waals surface area contributed by atoms with Crippen molar-refractivity contribution in [2.45, 2.75) is 10.1 Å². The van der Waals surface area contributed by atoms with Crippen molar-refractivity contribution >= 4 is 20.9 Å². The van der Waals surface area contributed by atoms with Gasteiger partial charge in [-0.2, -0.15) is 0 Å². The quantitative estimate of drug-likeness (QED) is 0.849. The molecule has 0 bridgehead atoms. The Morgan fingerprint density at radius 3 is 2.59 bits per heavy atom. The number of allylic oxidation sites excluding steroid dienone is 3. The monoisotopic (exact) mass is 293 g/mol. The van der Waals surface area contributed by atoms with Crippen molar-refractivity contribution in [3.05, 3.63) is 60.2 Å². The van der Waals surface area contributed by atoms with Gasteiger partial charge in [-0.25, -0.2) is 0 Å². The van der Waals surface area contributed by atoms with Gasteiger partial charge in [-0.3, -0.25) is 0 Å². The molecule has 2 rings (SSSR count). The second-order valence-electron chi connectivity index (χ2n) is 3.99. The summed E-state index contributed by atoms with van der Waals surface area (Å²) in [6.45, 7) is 0. The fourth-order valence-corrected chi connectivity index (χ4v) is 4.39. The molecule has 2 atom stereocenters. The summed E-state index contributed by atoms with van der Waals surface area (Å²) in [5, 5.41) is 0. The van der Waals surface area contributed by atoms with Crippen LogP contribution in [0, 0.1) is 5.92 Å².